The first-order chi connectivity index (χ1) is 12.1. The van der Waals surface area contributed by atoms with Gasteiger partial charge < -0.3 is 5.32 Å². The Labute approximate surface area is 157 Å². The molecule has 126 valence electrons. The van der Waals surface area contributed by atoms with Crippen LogP contribution in [-0.4, -0.2) is 5.78 Å². The minimum absolute atomic E-state index is 0.0730. The number of rotatable bonds is 6. The van der Waals surface area contributed by atoms with Crippen LogP contribution in [0.1, 0.15) is 33.9 Å². The Morgan fingerprint density at radius 1 is 0.920 bits per heavy atom. The lowest BCUT2D eigenvalue weighted by Gasteiger charge is -2.20. The van der Waals surface area contributed by atoms with E-state index in [4.69, 9.17) is 0 Å². The average molecular weight is 394 g/mol. The van der Waals surface area contributed by atoms with Crippen LogP contribution in [0.15, 0.2) is 83.3 Å². The maximum Gasteiger partial charge on any atom is 0.165 e. The molecule has 0 aromatic heterocycles. The van der Waals surface area contributed by atoms with E-state index < -0.39 is 0 Å². The Hall–Kier alpha value is -2.39. The summed E-state index contributed by atoms with van der Waals surface area (Å²) >= 11 is 3.45. The van der Waals surface area contributed by atoms with E-state index in [1.165, 1.54) is 0 Å². The number of benzene rings is 3. The summed E-state index contributed by atoms with van der Waals surface area (Å²) in [5, 5.41) is 3.49. The number of anilines is 1. The van der Waals surface area contributed by atoms with Crippen molar-refractivity contribution in [1.82, 2.24) is 0 Å². The van der Waals surface area contributed by atoms with Gasteiger partial charge >= 0.3 is 0 Å². The second-order valence-corrected chi connectivity index (χ2v) is 7.02. The van der Waals surface area contributed by atoms with E-state index in [1.807, 2.05) is 73.7 Å². The predicted octanol–water partition coefficient (Wildman–Crippen LogP) is 6.18. The third-order valence-electron chi connectivity index (χ3n) is 4.15. The topological polar surface area (TPSA) is 29.1 Å². The zero-order valence-electron chi connectivity index (χ0n) is 14.1. The zero-order valence-corrected chi connectivity index (χ0v) is 15.7. The third kappa shape index (κ3) is 4.80. The minimum atomic E-state index is -0.0730. The maximum absolute atomic E-state index is 12.7. The molecule has 1 atom stereocenters. The average Bonchev–Trinajstić information content (AvgIpc) is 2.64. The van der Waals surface area contributed by atoms with Gasteiger partial charge in [0.05, 0.1) is 6.04 Å². The lowest BCUT2D eigenvalue weighted by Crippen LogP contribution is -2.15. The number of aryl methyl sites for hydroxylation is 1. The SMILES string of the molecule is Cc1ccc(C(=O)CC(Nc2ccc(Br)cc2)c2ccccc2)cc1. The number of nitrogens with one attached hydrogen (secondary N) is 1. The Kier molecular flexibility index (Phi) is 5.67. The van der Waals surface area contributed by atoms with Crippen LogP contribution in [0, 0.1) is 6.92 Å². The van der Waals surface area contributed by atoms with Crippen molar-refractivity contribution < 1.29 is 4.79 Å². The van der Waals surface area contributed by atoms with Crippen LogP contribution >= 0.6 is 15.9 Å². The summed E-state index contributed by atoms with van der Waals surface area (Å²) in [6.45, 7) is 2.02. The summed E-state index contributed by atoms with van der Waals surface area (Å²) < 4.78 is 1.03. The van der Waals surface area contributed by atoms with Crippen molar-refractivity contribution in [3.05, 3.63) is 100 Å². The molecule has 0 aliphatic rings. The molecular weight excluding hydrogens is 374 g/mol. The van der Waals surface area contributed by atoms with Crippen molar-refractivity contribution in [3.63, 3.8) is 0 Å². The van der Waals surface area contributed by atoms with E-state index in [1.54, 1.807) is 0 Å². The van der Waals surface area contributed by atoms with Crippen molar-refractivity contribution in [2.24, 2.45) is 0 Å². The minimum Gasteiger partial charge on any atom is -0.378 e. The molecule has 0 heterocycles. The van der Waals surface area contributed by atoms with Crippen LogP contribution in [0.5, 0.6) is 0 Å². The van der Waals surface area contributed by atoms with Crippen LogP contribution in [-0.2, 0) is 0 Å². The van der Waals surface area contributed by atoms with Gasteiger partial charge in [-0.1, -0.05) is 76.1 Å². The Morgan fingerprint density at radius 2 is 1.56 bits per heavy atom. The summed E-state index contributed by atoms with van der Waals surface area (Å²) in [6.07, 6.45) is 0.406. The number of hydrogen-bond acceptors (Lipinski definition) is 2. The molecule has 0 amide bonds. The molecule has 0 fully saturated rings. The van der Waals surface area contributed by atoms with E-state index >= 15 is 0 Å². The van der Waals surface area contributed by atoms with Gasteiger partial charge in [0.1, 0.15) is 0 Å². The molecule has 1 unspecified atom stereocenters. The number of halogens is 1. The molecule has 3 aromatic carbocycles. The van der Waals surface area contributed by atoms with Crippen molar-refractivity contribution in [3.8, 4) is 0 Å². The third-order valence-corrected chi connectivity index (χ3v) is 4.68. The van der Waals surface area contributed by atoms with Gasteiger partial charge in [-0.25, -0.2) is 0 Å². The van der Waals surface area contributed by atoms with Gasteiger partial charge in [-0.3, -0.25) is 4.79 Å². The van der Waals surface area contributed by atoms with Crippen LogP contribution in [0.4, 0.5) is 5.69 Å². The van der Waals surface area contributed by atoms with E-state index in [9.17, 15) is 4.79 Å². The monoisotopic (exact) mass is 393 g/mol. The van der Waals surface area contributed by atoms with Crippen LogP contribution in [0.2, 0.25) is 0 Å². The maximum atomic E-state index is 12.7. The van der Waals surface area contributed by atoms with Crippen molar-refractivity contribution in [2.45, 2.75) is 19.4 Å². The molecular formula is C22H20BrNO. The first-order valence-electron chi connectivity index (χ1n) is 8.29. The van der Waals surface area contributed by atoms with E-state index in [0.29, 0.717) is 6.42 Å². The highest BCUT2D eigenvalue weighted by molar-refractivity contribution is 9.10. The van der Waals surface area contributed by atoms with Crippen LogP contribution in [0.3, 0.4) is 0 Å². The van der Waals surface area contributed by atoms with E-state index in [0.717, 1.165) is 26.9 Å². The standard InChI is InChI=1S/C22H20BrNO/c1-16-7-9-18(10-8-16)22(25)15-21(17-5-3-2-4-6-17)24-20-13-11-19(23)12-14-20/h2-14,21,24H,15H2,1H3. The quantitative estimate of drug-likeness (QED) is 0.506. The molecule has 25 heavy (non-hydrogen) atoms. The first-order valence-corrected chi connectivity index (χ1v) is 9.08. The fourth-order valence-electron chi connectivity index (χ4n) is 2.73. The number of carbonyl (C=O) groups is 1. The molecule has 0 saturated heterocycles. The number of Topliss-reactive ketones (excluding diaryl/α,β-unsaturated/α-hetero) is 1. The largest absolute Gasteiger partial charge is 0.378 e. The second kappa shape index (κ2) is 8.13. The molecule has 0 aliphatic heterocycles. The summed E-state index contributed by atoms with van der Waals surface area (Å²) in [6, 6.07) is 25.8. The molecule has 0 aliphatic carbocycles. The van der Waals surface area contributed by atoms with E-state index in [2.05, 4.69) is 33.4 Å². The summed E-state index contributed by atoms with van der Waals surface area (Å²) in [5.41, 5.74) is 4.01. The highest BCUT2D eigenvalue weighted by Crippen LogP contribution is 2.25. The van der Waals surface area contributed by atoms with Crippen LogP contribution in [0.25, 0.3) is 0 Å². The van der Waals surface area contributed by atoms with Gasteiger partial charge in [0, 0.05) is 22.1 Å². The predicted molar refractivity (Wildman–Crippen MR) is 107 cm³/mol. The normalized spacial score (nSPS) is 11.8. The van der Waals surface area contributed by atoms with Crippen LogP contribution < -0.4 is 5.32 Å². The zero-order chi connectivity index (χ0) is 17.6. The lowest BCUT2D eigenvalue weighted by atomic mass is 9.97. The van der Waals surface area contributed by atoms with Crippen molar-refractivity contribution in [2.75, 3.05) is 5.32 Å². The number of carbonyl (C=O) groups excluding carboxylic acids is 1. The second-order valence-electron chi connectivity index (χ2n) is 6.11. The Balaban J connectivity index is 1.82. The molecule has 2 nitrogen and oxygen atoms in total. The van der Waals surface area contributed by atoms with Gasteiger partial charge in [0.2, 0.25) is 0 Å². The summed E-state index contributed by atoms with van der Waals surface area (Å²) in [7, 11) is 0. The first kappa shape index (κ1) is 17.4. The fraction of sp³-hybridized carbons (Fsp3) is 0.136. The highest BCUT2D eigenvalue weighted by atomic mass is 79.9. The molecule has 0 bridgehead atoms. The molecule has 0 saturated carbocycles. The van der Waals surface area contributed by atoms with Crippen molar-refractivity contribution >= 4 is 27.4 Å². The molecule has 0 spiro atoms. The molecule has 3 heteroatoms. The number of ketones is 1. The fourth-order valence-corrected chi connectivity index (χ4v) is 2.99. The Morgan fingerprint density at radius 3 is 2.20 bits per heavy atom. The van der Waals surface area contributed by atoms with E-state index in [-0.39, 0.29) is 11.8 Å². The van der Waals surface area contributed by atoms with Gasteiger partial charge in [0.25, 0.3) is 0 Å². The number of hydrogen-bond donors (Lipinski definition) is 1. The van der Waals surface area contributed by atoms with Gasteiger partial charge in [-0.05, 0) is 36.8 Å². The molecule has 3 aromatic rings. The van der Waals surface area contributed by atoms with Gasteiger partial charge in [-0.2, -0.15) is 0 Å². The molecule has 0 radical (unpaired) electrons. The summed E-state index contributed by atoms with van der Waals surface area (Å²) in [5.74, 6) is 0.137. The summed E-state index contributed by atoms with van der Waals surface area (Å²) in [4.78, 5) is 12.7. The lowest BCUT2D eigenvalue weighted by molar-refractivity contribution is 0.0976. The molecule has 3 rings (SSSR count). The van der Waals surface area contributed by atoms with Crippen molar-refractivity contribution in [1.29, 1.82) is 0 Å². The highest BCUT2D eigenvalue weighted by Gasteiger charge is 2.17. The Bertz CT molecular complexity index is 826. The van der Waals surface area contributed by atoms with Gasteiger partial charge in [0.15, 0.2) is 5.78 Å². The van der Waals surface area contributed by atoms with Gasteiger partial charge in [-0.15, -0.1) is 0 Å². The smallest absolute Gasteiger partial charge is 0.165 e. The molecule has 1 N–H and O–H groups in total.